The number of unbranched alkanes of at least 4 members (excludes halogenated alkanes) is 1. The maximum Gasteiger partial charge on any atom is 0.186 e. The van der Waals surface area contributed by atoms with Crippen LogP contribution in [0.1, 0.15) is 96.6 Å². The molecule has 2 nitrogen and oxygen atoms in total. The molecule has 0 fully saturated rings. The number of allylic oxidation sites excluding steroid dienone is 4. The van der Waals surface area contributed by atoms with Crippen molar-refractivity contribution < 1.29 is 0 Å². The normalized spacial score (nSPS) is 15.5. The van der Waals surface area contributed by atoms with Crippen LogP contribution in [0, 0.1) is 18.8 Å². The lowest BCUT2D eigenvalue weighted by Crippen LogP contribution is -2.34. The van der Waals surface area contributed by atoms with E-state index in [2.05, 4.69) is 58.6 Å². The summed E-state index contributed by atoms with van der Waals surface area (Å²) in [5.41, 5.74) is 4.15. The summed E-state index contributed by atoms with van der Waals surface area (Å²) in [6.07, 6.45) is 14.6. The number of aryl methyl sites for hydroxylation is 1. The van der Waals surface area contributed by atoms with E-state index in [0.717, 1.165) is 31.3 Å². The fourth-order valence-electron chi connectivity index (χ4n) is 4.07. The molecule has 28 heavy (non-hydrogen) atoms. The Kier molecular flexibility index (Phi) is 9.77. The van der Waals surface area contributed by atoms with Gasteiger partial charge in [-0.1, -0.05) is 77.5 Å². The summed E-state index contributed by atoms with van der Waals surface area (Å²) in [6.45, 7) is 16.1. The lowest BCUT2D eigenvalue weighted by molar-refractivity contribution is 0.415. The van der Waals surface area contributed by atoms with Crippen LogP contribution in [0.25, 0.3) is 5.57 Å². The predicted molar refractivity (Wildman–Crippen MR) is 127 cm³/mol. The van der Waals surface area contributed by atoms with E-state index in [4.69, 9.17) is 4.98 Å². The van der Waals surface area contributed by atoms with Gasteiger partial charge in [-0.3, -0.25) is 0 Å². The molecule has 0 aliphatic heterocycles. The standard InChI is InChI=1S/C25H42N2S/c1-7-11-12-22(10-4)18-27(17-21(8-2)9-3)25-26-24(20(6)28-25)23-15-13-19(5)14-16-23/h13,15,21-22H,7-12,14,16-18H2,1-6H3. The fraction of sp³-hybridized carbons (Fsp3) is 0.720. The van der Waals surface area contributed by atoms with Gasteiger partial charge in [0.25, 0.3) is 0 Å². The lowest BCUT2D eigenvalue weighted by atomic mass is 9.97. The van der Waals surface area contributed by atoms with Gasteiger partial charge in [0.15, 0.2) is 5.13 Å². The van der Waals surface area contributed by atoms with Gasteiger partial charge in [0, 0.05) is 18.0 Å². The van der Waals surface area contributed by atoms with Crippen LogP contribution in [0.2, 0.25) is 0 Å². The Morgan fingerprint density at radius 3 is 2.21 bits per heavy atom. The summed E-state index contributed by atoms with van der Waals surface area (Å²) in [6, 6.07) is 0. The molecule has 1 aromatic rings. The zero-order valence-corrected chi connectivity index (χ0v) is 20.0. The van der Waals surface area contributed by atoms with Gasteiger partial charge in [-0.05, 0) is 50.5 Å². The van der Waals surface area contributed by atoms with Crippen LogP contribution in [0.4, 0.5) is 5.13 Å². The maximum atomic E-state index is 5.20. The highest BCUT2D eigenvalue weighted by Gasteiger charge is 2.22. The van der Waals surface area contributed by atoms with Crippen molar-refractivity contribution in [2.45, 2.75) is 92.9 Å². The topological polar surface area (TPSA) is 16.1 Å². The Morgan fingerprint density at radius 2 is 1.64 bits per heavy atom. The fourth-order valence-corrected chi connectivity index (χ4v) is 5.03. The van der Waals surface area contributed by atoms with Crippen LogP contribution in [0.3, 0.4) is 0 Å². The summed E-state index contributed by atoms with van der Waals surface area (Å²) >= 11 is 1.91. The van der Waals surface area contributed by atoms with Crippen molar-refractivity contribution in [3.05, 3.63) is 28.3 Å². The average Bonchev–Trinajstić information content (AvgIpc) is 3.09. The third kappa shape index (κ3) is 6.47. The Labute approximate surface area is 178 Å². The molecule has 158 valence electrons. The molecule has 1 atom stereocenters. The molecule has 2 rings (SSSR count). The summed E-state index contributed by atoms with van der Waals surface area (Å²) in [5, 5.41) is 1.25. The molecule has 0 amide bonds. The monoisotopic (exact) mass is 402 g/mol. The van der Waals surface area contributed by atoms with Crippen molar-refractivity contribution in [2.75, 3.05) is 18.0 Å². The highest BCUT2D eigenvalue weighted by molar-refractivity contribution is 7.15. The zero-order chi connectivity index (χ0) is 20.5. The molecule has 3 heteroatoms. The first kappa shape index (κ1) is 23.2. The van der Waals surface area contributed by atoms with Crippen LogP contribution in [0.15, 0.2) is 17.7 Å². The third-order valence-electron chi connectivity index (χ3n) is 6.37. The van der Waals surface area contributed by atoms with E-state index in [1.165, 1.54) is 71.8 Å². The van der Waals surface area contributed by atoms with E-state index in [1.807, 2.05) is 11.3 Å². The molecule has 0 saturated carbocycles. The molecule has 1 heterocycles. The Morgan fingerprint density at radius 1 is 0.964 bits per heavy atom. The minimum Gasteiger partial charge on any atom is -0.348 e. The second-order valence-electron chi connectivity index (χ2n) is 8.61. The molecule has 1 aliphatic rings. The van der Waals surface area contributed by atoms with Crippen LogP contribution < -0.4 is 4.90 Å². The summed E-state index contributed by atoms with van der Waals surface area (Å²) in [7, 11) is 0. The maximum absolute atomic E-state index is 5.20. The van der Waals surface area contributed by atoms with Crippen molar-refractivity contribution in [3.63, 3.8) is 0 Å². The van der Waals surface area contributed by atoms with E-state index in [9.17, 15) is 0 Å². The van der Waals surface area contributed by atoms with Crippen LogP contribution >= 0.6 is 11.3 Å². The van der Waals surface area contributed by atoms with Crippen molar-refractivity contribution in [1.82, 2.24) is 4.98 Å². The molecule has 0 aromatic carbocycles. The summed E-state index contributed by atoms with van der Waals surface area (Å²) in [4.78, 5) is 9.21. The second-order valence-corrected chi connectivity index (χ2v) is 9.79. The van der Waals surface area contributed by atoms with E-state index in [0.29, 0.717) is 0 Å². The highest BCUT2D eigenvalue weighted by Crippen LogP contribution is 2.35. The molecule has 1 unspecified atom stereocenters. The van der Waals surface area contributed by atoms with Gasteiger partial charge in [0.1, 0.15) is 0 Å². The first-order chi connectivity index (χ1) is 13.5. The Balaban J connectivity index is 2.25. The third-order valence-corrected chi connectivity index (χ3v) is 7.40. The second kappa shape index (κ2) is 11.8. The van der Waals surface area contributed by atoms with Crippen molar-refractivity contribution >= 4 is 22.0 Å². The zero-order valence-electron chi connectivity index (χ0n) is 19.2. The van der Waals surface area contributed by atoms with Gasteiger partial charge in [-0.25, -0.2) is 4.98 Å². The molecular formula is C25H42N2S. The first-order valence-corrected chi connectivity index (χ1v) is 12.4. The Bertz CT molecular complexity index is 652. The molecule has 0 spiro atoms. The molecule has 0 saturated heterocycles. The number of hydrogen-bond acceptors (Lipinski definition) is 3. The van der Waals surface area contributed by atoms with Gasteiger partial charge < -0.3 is 4.90 Å². The molecule has 1 aliphatic carbocycles. The van der Waals surface area contributed by atoms with Crippen molar-refractivity contribution in [3.8, 4) is 0 Å². The van der Waals surface area contributed by atoms with E-state index in [-0.39, 0.29) is 0 Å². The minimum absolute atomic E-state index is 0.760. The number of aromatic nitrogens is 1. The quantitative estimate of drug-likeness (QED) is 0.352. The number of hydrogen-bond donors (Lipinski definition) is 0. The molecule has 0 N–H and O–H groups in total. The largest absolute Gasteiger partial charge is 0.348 e. The van der Waals surface area contributed by atoms with Crippen LogP contribution in [0.5, 0.6) is 0 Å². The number of nitrogens with zero attached hydrogens (tertiary/aromatic N) is 2. The summed E-state index contributed by atoms with van der Waals surface area (Å²) in [5.74, 6) is 1.54. The molecule has 0 radical (unpaired) electrons. The van der Waals surface area contributed by atoms with E-state index >= 15 is 0 Å². The number of anilines is 1. The smallest absolute Gasteiger partial charge is 0.186 e. The van der Waals surface area contributed by atoms with Gasteiger partial charge in [-0.15, -0.1) is 11.3 Å². The average molecular weight is 403 g/mol. The van der Waals surface area contributed by atoms with Gasteiger partial charge >= 0.3 is 0 Å². The van der Waals surface area contributed by atoms with Crippen LogP contribution in [-0.4, -0.2) is 18.1 Å². The van der Waals surface area contributed by atoms with Gasteiger partial charge in [0.2, 0.25) is 0 Å². The van der Waals surface area contributed by atoms with Crippen molar-refractivity contribution in [1.29, 1.82) is 0 Å². The molecule has 1 aromatic heterocycles. The lowest BCUT2D eigenvalue weighted by Gasteiger charge is -2.30. The number of rotatable bonds is 12. The van der Waals surface area contributed by atoms with E-state index < -0.39 is 0 Å². The molecular weight excluding hydrogens is 360 g/mol. The van der Waals surface area contributed by atoms with Gasteiger partial charge in [-0.2, -0.15) is 0 Å². The minimum atomic E-state index is 0.760. The van der Waals surface area contributed by atoms with E-state index in [1.54, 1.807) is 0 Å². The van der Waals surface area contributed by atoms with Gasteiger partial charge in [0.05, 0.1) is 5.69 Å². The predicted octanol–water partition coefficient (Wildman–Crippen LogP) is 8.03. The van der Waals surface area contributed by atoms with Crippen molar-refractivity contribution in [2.24, 2.45) is 11.8 Å². The summed E-state index contributed by atoms with van der Waals surface area (Å²) < 4.78 is 0. The number of thiazole rings is 1. The first-order valence-electron chi connectivity index (χ1n) is 11.6. The highest BCUT2D eigenvalue weighted by atomic mass is 32.1. The van der Waals surface area contributed by atoms with Crippen LogP contribution in [-0.2, 0) is 0 Å². The SMILES string of the molecule is CCCCC(CC)CN(CC(CC)CC)c1nc(C2=CC=C(C)CC2)c(C)s1. The molecule has 0 bridgehead atoms. The Hall–Kier alpha value is -1.09.